The van der Waals surface area contributed by atoms with Crippen molar-refractivity contribution in [3.05, 3.63) is 56.7 Å². The summed E-state index contributed by atoms with van der Waals surface area (Å²) in [6.07, 6.45) is 0. The van der Waals surface area contributed by atoms with Crippen molar-refractivity contribution < 1.29 is 14.9 Å². The summed E-state index contributed by atoms with van der Waals surface area (Å²) in [4.78, 5) is 29.1. The molecule has 112 valence electrons. The van der Waals surface area contributed by atoms with Gasteiger partial charge in [0, 0.05) is 0 Å². The van der Waals surface area contributed by atoms with Gasteiger partial charge in [0.1, 0.15) is 22.9 Å². The first-order valence-electron chi connectivity index (χ1n) is 6.56. The number of hydrogen-bond acceptors (Lipinski definition) is 4. The summed E-state index contributed by atoms with van der Waals surface area (Å²) >= 11 is 0. The van der Waals surface area contributed by atoms with Crippen LogP contribution in [0.2, 0.25) is 1.41 Å². The maximum absolute atomic E-state index is 14.3. The van der Waals surface area contributed by atoms with Crippen molar-refractivity contribution >= 4 is 11.0 Å². The minimum absolute atomic E-state index is 0.0273. The van der Waals surface area contributed by atoms with Gasteiger partial charge >= 0.3 is 5.69 Å². The van der Waals surface area contributed by atoms with Gasteiger partial charge in [-0.15, -0.1) is 0 Å². The minimum atomic E-state index is -1.03. The molecule has 0 amide bonds. The number of ether oxygens (including phenoxy) is 1. The number of hydrogen-bond donors (Lipinski definition) is 2. The molecule has 3 rings (SSSR count). The van der Waals surface area contributed by atoms with Crippen LogP contribution in [0, 0.1) is 11.6 Å². The summed E-state index contributed by atoms with van der Waals surface area (Å²) in [7, 11) is 1.28. The highest BCUT2D eigenvalue weighted by Crippen LogP contribution is 2.33. The van der Waals surface area contributed by atoms with Crippen molar-refractivity contribution in [2.24, 2.45) is 0 Å². The molecule has 0 unspecified atom stereocenters. The van der Waals surface area contributed by atoms with Crippen molar-refractivity contribution in [2.45, 2.75) is 0 Å². The molecule has 0 bridgehead atoms. The number of halogens is 2. The largest absolute Gasteiger partial charge is 0.496 e. The molecule has 0 aliphatic rings. The Labute approximate surface area is 122 Å². The fourth-order valence-electron chi connectivity index (χ4n) is 2.10. The van der Waals surface area contributed by atoms with Crippen LogP contribution in [0.3, 0.4) is 0 Å². The maximum Gasteiger partial charge on any atom is 0.327 e. The van der Waals surface area contributed by atoms with Crippen molar-refractivity contribution in [3.63, 3.8) is 0 Å². The second-order valence-corrected chi connectivity index (χ2v) is 4.38. The van der Waals surface area contributed by atoms with Crippen LogP contribution >= 0.6 is 0 Å². The molecule has 6 nitrogen and oxygen atoms in total. The average molecular weight is 306 g/mol. The van der Waals surface area contributed by atoms with Gasteiger partial charge in [-0.3, -0.25) is 14.8 Å². The van der Waals surface area contributed by atoms with E-state index in [-0.39, 0.29) is 22.3 Å². The van der Waals surface area contributed by atoms with Crippen LogP contribution in [-0.4, -0.2) is 22.1 Å². The highest BCUT2D eigenvalue weighted by atomic mass is 19.1. The number of aromatic amines is 2. The van der Waals surface area contributed by atoms with E-state index < -0.39 is 28.6 Å². The van der Waals surface area contributed by atoms with E-state index in [0.717, 1.165) is 12.1 Å². The van der Waals surface area contributed by atoms with E-state index in [1.165, 1.54) is 19.2 Å². The normalized spacial score (nSPS) is 11.5. The maximum atomic E-state index is 14.3. The molecule has 2 N–H and O–H groups in total. The van der Waals surface area contributed by atoms with Crippen LogP contribution in [0.4, 0.5) is 8.78 Å². The third-order valence-corrected chi connectivity index (χ3v) is 3.06. The molecule has 8 heteroatoms. The van der Waals surface area contributed by atoms with Gasteiger partial charge in [-0.25, -0.2) is 18.6 Å². The van der Waals surface area contributed by atoms with Crippen molar-refractivity contribution in [3.8, 4) is 17.0 Å². The van der Waals surface area contributed by atoms with E-state index in [0.29, 0.717) is 4.98 Å². The zero-order valence-electron chi connectivity index (χ0n) is 12.2. The van der Waals surface area contributed by atoms with E-state index in [4.69, 9.17) is 6.15 Å². The molecule has 0 saturated carbocycles. The van der Waals surface area contributed by atoms with Gasteiger partial charge in [0.05, 0.1) is 18.1 Å². The highest BCUT2D eigenvalue weighted by Gasteiger charge is 2.19. The third-order valence-electron chi connectivity index (χ3n) is 3.06. The number of fused-ring (bicyclic) bond motifs is 1. The topological polar surface area (TPSA) is 87.8 Å². The second-order valence-electron chi connectivity index (χ2n) is 4.38. The van der Waals surface area contributed by atoms with Gasteiger partial charge in [-0.2, -0.15) is 0 Å². The lowest BCUT2D eigenvalue weighted by Crippen LogP contribution is -2.22. The molecule has 22 heavy (non-hydrogen) atoms. The molecule has 3 aromatic rings. The van der Waals surface area contributed by atoms with E-state index in [2.05, 4.69) is 4.98 Å². The number of pyridine rings is 1. The van der Waals surface area contributed by atoms with Crippen LogP contribution in [0.15, 0.2) is 33.9 Å². The van der Waals surface area contributed by atoms with E-state index >= 15 is 0 Å². The monoisotopic (exact) mass is 306 g/mol. The molecule has 0 aliphatic heterocycles. The Balaban J connectivity index is 2.45. The van der Waals surface area contributed by atoms with Gasteiger partial charge < -0.3 is 4.74 Å². The smallest absolute Gasteiger partial charge is 0.327 e. The molecule has 0 spiro atoms. The number of nitrogens with one attached hydrogen (secondary N) is 2. The SMILES string of the molecule is [2H]n1c(=O)[nH]c(=O)c2cc(F)c(-c3c(F)cccc3OC)nc21. The molecule has 0 saturated heterocycles. The Morgan fingerprint density at radius 1 is 1.27 bits per heavy atom. The van der Waals surface area contributed by atoms with Crippen molar-refractivity contribution in [1.82, 2.24) is 14.9 Å². The standard InChI is InChI=1S/C14H9F2N3O3/c1-22-9-4-2-3-7(15)10(9)11-8(16)5-6-12(17-11)18-14(21)19-13(6)20/h2-5H,1H3,(H2,17,18,19,20,21)/i/hD. The Morgan fingerprint density at radius 3 is 2.77 bits per heavy atom. The summed E-state index contributed by atoms with van der Waals surface area (Å²) in [5.74, 6) is -1.75. The lowest BCUT2D eigenvalue weighted by Gasteiger charge is -2.10. The summed E-state index contributed by atoms with van der Waals surface area (Å²) in [5.41, 5.74) is -3.03. The van der Waals surface area contributed by atoms with Crippen LogP contribution in [0.25, 0.3) is 22.3 Å². The van der Waals surface area contributed by atoms with Crippen LogP contribution in [0.1, 0.15) is 0 Å². The molecule has 2 aromatic heterocycles. The molecule has 0 fully saturated rings. The van der Waals surface area contributed by atoms with Gasteiger partial charge in [-0.05, 0) is 18.2 Å². The van der Waals surface area contributed by atoms with Crippen LogP contribution in [-0.2, 0) is 0 Å². The summed E-state index contributed by atoms with van der Waals surface area (Å²) < 4.78 is 41.0. The molecule has 0 aliphatic carbocycles. The first kappa shape index (κ1) is 12.7. The zero-order chi connectivity index (χ0) is 16.7. The van der Waals surface area contributed by atoms with E-state index in [1.807, 2.05) is 4.98 Å². The fraction of sp³-hybridized carbons (Fsp3) is 0.0714. The average Bonchev–Trinajstić information content (AvgIpc) is 2.52. The number of methoxy groups -OCH3 is 1. The fourth-order valence-corrected chi connectivity index (χ4v) is 2.10. The number of H-pyrrole nitrogens is 2. The summed E-state index contributed by atoms with van der Waals surface area (Å²) in [6, 6.07) is 4.68. The zero-order valence-corrected chi connectivity index (χ0v) is 11.2. The predicted molar refractivity (Wildman–Crippen MR) is 74.9 cm³/mol. The Hall–Kier alpha value is -3.03. The summed E-state index contributed by atoms with van der Waals surface area (Å²) in [5, 5.41) is -0.295. The highest BCUT2D eigenvalue weighted by molar-refractivity contribution is 5.79. The molecular weight excluding hydrogens is 296 g/mol. The van der Waals surface area contributed by atoms with Crippen LogP contribution in [0.5, 0.6) is 5.75 Å². The quantitative estimate of drug-likeness (QED) is 0.752. The van der Waals surface area contributed by atoms with Gasteiger partial charge in [0.25, 0.3) is 5.56 Å². The first-order valence-corrected chi connectivity index (χ1v) is 6.11. The Kier molecular flexibility index (Phi) is 2.92. The summed E-state index contributed by atoms with van der Waals surface area (Å²) in [6.45, 7) is 0. The number of rotatable bonds is 2. The Morgan fingerprint density at radius 2 is 2.05 bits per heavy atom. The number of aromatic nitrogens is 3. The molecule has 0 atom stereocenters. The number of benzene rings is 1. The van der Waals surface area contributed by atoms with E-state index in [1.54, 1.807) is 0 Å². The second kappa shape index (κ2) is 5.06. The molecule has 2 heterocycles. The lowest BCUT2D eigenvalue weighted by molar-refractivity contribution is 0.413. The van der Waals surface area contributed by atoms with Crippen molar-refractivity contribution in [2.75, 3.05) is 7.11 Å². The van der Waals surface area contributed by atoms with Gasteiger partial charge in [-0.1, -0.05) is 6.07 Å². The number of nitrogens with zero attached hydrogens (tertiary/aromatic N) is 1. The van der Waals surface area contributed by atoms with E-state index in [9.17, 15) is 18.4 Å². The molecular formula is C14H9F2N3O3. The minimum Gasteiger partial charge on any atom is -0.496 e. The van der Waals surface area contributed by atoms with Crippen molar-refractivity contribution in [1.29, 1.82) is 0 Å². The van der Waals surface area contributed by atoms with Gasteiger partial charge in [0.15, 0.2) is 7.23 Å². The predicted octanol–water partition coefficient (Wildman–Crippen LogP) is 1.57. The van der Waals surface area contributed by atoms with Gasteiger partial charge in [0.2, 0.25) is 0 Å². The third kappa shape index (κ3) is 2.14. The molecule has 0 radical (unpaired) electrons. The molecule has 1 aromatic carbocycles. The Bertz CT molecular complexity index is 1050. The lowest BCUT2D eigenvalue weighted by atomic mass is 10.1. The van der Waals surface area contributed by atoms with Crippen LogP contribution < -0.4 is 16.0 Å². The first-order chi connectivity index (χ1) is 10.9.